The van der Waals surface area contributed by atoms with Gasteiger partial charge in [0.1, 0.15) is 17.0 Å². The smallest absolute Gasteiger partial charge is 0.435 e. The molecule has 0 radical (unpaired) electrons. The molecule has 49 heavy (non-hydrogen) atoms. The zero-order valence-corrected chi connectivity index (χ0v) is 31.9. The monoisotopic (exact) mass is 678 g/mol. The number of amides is 3. The average Bonchev–Trinajstić information content (AvgIpc) is 3.04. The number of rotatable bonds is 7. The van der Waals surface area contributed by atoms with Crippen molar-refractivity contribution in [3.05, 3.63) is 70.8 Å². The van der Waals surface area contributed by atoms with Gasteiger partial charge in [-0.3, -0.25) is 4.79 Å². The molecule has 0 saturated carbocycles. The third kappa shape index (κ3) is 15.0. The lowest BCUT2D eigenvalue weighted by molar-refractivity contribution is 0.0539. The second-order valence-electron chi connectivity index (χ2n) is 13.0. The van der Waals surface area contributed by atoms with Crippen LogP contribution < -0.4 is 15.4 Å². The minimum absolute atomic E-state index is 0.159. The number of aliphatic imine (C=N–C) groups is 1. The molecule has 0 fully saturated rings. The molecule has 3 amide bonds. The molecule has 2 aromatic carbocycles. The zero-order chi connectivity index (χ0) is 37.4. The van der Waals surface area contributed by atoms with Gasteiger partial charge in [0.05, 0.1) is 13.4 Å². The summed E-state index contributed by atoms with van der Waals surface area (Å²) in [5.41, 5.74) is 5.79. The van der Waals surface area contributed by atoms with Crippen LogP contribution in [0, 0.1) is 6.92 Å². The van der Waals surface area contributed by atoms with Gasteiger partial charge < -0.3 is 29.7 Å². The highest BCUT2D eigenvalue weighted by Gasteiger charge is 2.18. The van der Waals surface area contributed by atoms with Gasteiger partial charge in [0.2, 0.25) is 0 Å². The van der Waals surface area contributed by atoms with Crippen molar-refractivity contribution in [1.82, 2.24) is 10.2 Å². The third-order valence-electron chi connectivity index (χ3n) is 6.94. The molecule has 0 bridgehead atoms. The maximum absolute atomic E-state index is 13.1. The van der Waals surface area contributed by atoms with Gasteiger partial charge in [-0.2, -0.15) is 4.99 Å². The minimum atomic E-state index is -0.588. The van der Waals surface area contributed by atoms with Gasteiger partial charge in [0, 0.05) is 43.0 Å². The molecular formula is C39H58N4O6. The number of aryl methyl sites for hydroxylation is 1. The third-order valence-corrected chi connectivity index (χ3v) is 6.94. The summed E-state index contributed by atoms with van der Waals surface area (Å²) in [5.74, 6) is 0.576. The number of anilines is 1. The Kier molecular flexibility index (Phi) is 17.3. The highest BCUT2D eigenvalue weighted by atomic mass is 16.6. The van der Waals surface area contributed by atoms with E-state index in [0.717, 1.165) is 41.8 Å². The summed E-state index contributed by atoms with van der Waals surface area (Å²) in [5, 5.41) is 5.37. The molecule has 0 aliphatic carbocycles. The van der Waals surface area contributed by atoms with Gasteiger partial charge in [0.15, 0.2) is 0 Å². The van der Waals surface area contributed by atoms with Gasteiger partial charge in [-0.25, -0.2) is 9.59 Å². The molecule has 0 saturated heterocycles. The molecule has 2 N–H and O–H groups in total. The highest BCUT2D eigenvalue weighted by Crippen LogP contribution is 2.31. The summed E-state index contributed by atoms with van der Waals surface area (Å²) in [6.07, 6.45) is 6.49. The molecule has 3 rings (SSSR count). The van der Waals surface area contributed by atoms with E-state index in [1.165, 1.54) is 18.2 Å². The molecule has 10 heteroatoms. The van der Waals surface area contributed by atoms with Crippen LogP contribution in [0.15, 0.2) is 53.5 Å². The number of carbonyl (C=O) groups excluding carboxylic acids is 3. The van der Waals surface area contributed by atoms with Crippen LogP contribution in [0.2, 0.25) is 0 Å². The Balaban J connectivity index is 0.000000945. The number of ether oxygens (including phenoxy) is 3. The van der Waals surface area contributed by atoms with Crippen molar-refractivity contribution in [3.8, 4) is 5.75 Å². The molecule has 0 spiro atoms. The number of alkyl carbamates (subject to hydrolysis) is 1. The van der Waals surface area contributed by atoms with E-state index < -0.39 is 11.7 Å². The van der Waals surface area contributed by atoms with Crippen LogP contribution in [0.4, 0.5) is 15.3 Å². The van der Waals surface area contributed by atoms with Crippen LogP contribution in [0.25, 0.3) is 11.1 Å². The minimum Gasteiger partial charge on any atom is -0.496 e. The molecule has 10 nitrogen and oxygen atoms in total. The lowest BCUT2D eigenvalue weighted by Gasteiger charge is -2.25. The molecule has 2 aromatic rings. The van der Waals surface area contributed by atoms with Crippen molar-refractivity contribution in [3.63, 3.8) is 0 Å². The molecule has 1 heterocycles. The van der Waals surface area contributed by atoms with Crippen LogP contribution >= 0.6 is 0 Å². The summed E-state index contributed by atoms with van der Waals surface area (Å²) >= 11 is 0. The van der Waals surface area contributed by atoms with Crippen LogP contribution in [0.5, 0.6) is 5.75 Å². The number of methoxy groups -OCH3 is 1. The Morgan fingerprint density at radius 1 is 0.959 bits per heavy atom. The Morgan fingerprint density at radius 3 is 2.06 bits per heavy atom. The molecule has 270 valence electrons. The summed E-state index contributed by atoms with van der Waals surface area (Å²) in [6.45, 7) is 22.4. The predicted octanol–water partition coefficient (Wildman–Crippen LogP) is 9.29. The van der Waals surface area contributed by atoms with Gasteiger partial charge in [-0.1, -0.05) is 45.1 Å². The molecule has 1 aliphatic rings. The van der Waals surface area contributed by atoms with E-state index >= 15 is 0 Å². The van der Waals surface area contributed by atoms with E-state index in [0.29, 0.717) is 17.8 Å². The van der Waals surface area contributed by atoms with Crippen molar-refractivity contribution >= 4 is 41.3 Å². The van der Waals surface area contributed by atoms with Crippen LogP contribution in [-0.4, -0.2) is 67.8 Å². The fraction of sp³-hybridized carbons (Fsp3) is 0.487. The molecule has 0 atom stereocenters. The normalized spacial score (nSPS) is 13.2. The second-order valence-corrected chi connectivity index (χ2v) is 13.0. The van der Waals surface area contributed by atoms with E-state index in [4.69, 9.17) is 14.2 Å². The number of hydrogen-bond donors (Lipinski definition) is 2. The zero-order valence-electron chi connectivity index (χ0n) is 31.9. The number of allylic oxidation sites excluding steroid dienone is 2. The fourth-order valence-electron chi connectivity index (χ4n) is 4.70. The predicted molar refractivity (Wildman–Crippen MR) is 202 cm³/mol. The Bertz CT molecular complexity index is 1500. The summed E-state index contributed by atoms with van der Waals surface area (Å²) < 4.78 is 15.6. The average molecular weight is 679 g/mol. The Labute approximate surface area is 294 Å². The van der Waals surface area contributed by atoms with E-state index in [1.54, 1.807) is 13.4 Å². The van der Waals surface area contributed by atoms with Gasteiger partial charge in [0.25, 0.3) is 5.91 Å². The van der Waals surface area contributed by atoms with E-state index in [-0.39, 0.29) is 17.6 Å². The van der Waals surface area contributed by atoms with Crippen LogP contribution in [0.3, 0.4) is 0 Å². The first-order chi connectivity index (χ1) is 23.0. The summed E-state index contributed by atoms with van der Waals surface area (Å²) in [4.78, 5) is 41.3. The maximum Gasteiger partial charge on any atom is 0.435 e. The number of benzene rings is 2. The fourth-order valence-corrected chi connectivity index (χ4v) is 4.70. The van der Waals surface area contributed by atoms with Crippen molar-refractivity contribution in [2.45, 2.75) is 100 Å². The largest absolute Gasteiger partial charge is 0.496 e. The first-order valence-corrected chi connectivity index (χ1v) is 16.9. The van der Waals surface area contributed by atoms with E-state index in [1.807, 2.05) is 104 Å². The standard InChI is InChI=1S/C31H39N3O4.C6H13NO2.C2H6/c1-8-22(9-2)27-13-11-25(19-28(27)37-7)33-29(35)26-12-10-24(18-21(26)3)23-14-16-34(17-15-23)20-32-30(36)38-31(4,5)6;1-6(2,3)9-5(8)7-4;1-2/h8,10-14,18-20H,9,15-17H2,1-7H3,(H,33,35);1-4H3,(H,7,8);1-2H3/b22-8+,32-20+;;. The van der Waals surface area contributed by atoms with Crippen molar-refractivity contribution in [1.29, 1.82) is 0 Å². The number of carbonyl (C=O) groups is 3. The van der Waals surface area contributed by atoms with Crippen LogP contribution in [0.1, 0.15) is 109 Å². The summed E-state index contributed by atoms with van der Waals surface area (Å²) in [7, 11) is 3.18. The number of nitrogens with one attached hydrogen (secondary N) is 2. The van der Waals surface area contributed by atoms with Crippen molar-refractivity contribution < 1.29 is 28.6 Å². The highest BCUT2D eigenvalue weighted by molar-refractivity contribution is 6.05. The SMILES string of the molecule is C/C=C(\CC)c1ccc(NC(=O)c2ccc(C3=CCN(/C=N/C(=O)OC(C)(C)C)CC3)cc2C)cc1OC.CC.CNC(=O)OC(C)(C)C. The molecule has 0 aromatic heterocycles. The van der Waals surface area contributed by atoms with Gasteiger partial charge in [-0.05, 0) is 109 Å². The lowest BCUT2D eigenvalue weighted by Crippen LogP contribution is -2.30. The lowest BCUT2D eigenvalue weighted by atomic mass is 9.95. The topological polar surface area (TPSA) is 119 Å². The molecular weight excluding hydrogens is 620 g/mol. The molecule has 0 unspecified atom stereocenters. The van der Waals surface area contributed by atoms with Gasteiger partial charge >= 0.3 is 12.2 Å². The van der Waals surface area contributed by atoms with Crippen LogP contribution in [-0.2, 0) is 9.47 Å². The van der Waals surface area contributed by atoms with E-state index in [2.05, 4.69) is 40.8 Å². The summed E-state index contributed by atoms with van der Waals surface area (Å²) in [6, 6.07) is 11.7. The van der Waals surface area contributed by atoms with Crippen molar-refractivity contribution in [2.75, 3.05) is 32.6 Å². The van der Waals surface area contributed by atoms with Gasteiger partial charge in [-0.15, -0.1) is 0 Å². The first kappa shape index (κ1) is 42.4. The maximum atomic E-state index is 13.1. The Hall–Kier alpha value is -4.60. The number of hydrogen-bond acceptors (Lipinski definition) is 6. The quantitative estimate of drug-likeness (QED) is 0.221. The van der Waals surface area contributed by atoms with E-state index in [9.17, 15) is 14.4 Å². The first-order valence-electron chi connectivity index (χ1n) is 16.9. The number of nitrogens with zero attached hydrogens (tertiary/aromatic N) is 2. The second kappa shape index (κ2) is 20.0. The van der Waals surface area contributed by atoms with Crippen molar-refractivity contribution in [2.24, 2.45) is 4.99 Å². The molecule has 1 aliphatic heterocycles. The Morgan fingerprint density at radius 2 is 1.59 bits per heavy atom.